The van der Waals surface area contributed by atoms with Gasteiger partial charge in [-0.2, -0.15) is 5.26 Å². The van der Waals surface area contributed by atoms with Gasteiger partial charge in [0.2, 0.25) is 0 Å². The van der Waals surface area contributed by atoms with Gasteiger partial charge in [-0.1, -0.05) is 0 Å². The fraction of sp³-hybridized carbons (Fsp3) is 0.500. The fourth-order valence-corrected chi connectivity index (χ4v) is 1.35. The predicted molar refractivity (Wildman–Crippen MR) is 52.1 cm³/mol. The van der Waals surface area contributed by atoms with Crippen LogP contribution in [0.2, 0.25) is 0 Å². The van der Waals surface area contributed by atoms with Crippen molar-refractivity contribution in [2.24, 2.45) is 0 Å². The number of nitrogens with zero attached hydrogens (tertiary/aromatic N) is 3. The number of hydrogen-bond donors (Lipinski definition) is 0. The maximum atomic E-state index is 8.49. The van der Waals surface area contributed by atoms with Gasteiger partial charge in [0.25, 0.3) is 0 Å². The van der Waals surface area contributed by atoms with Crippen molar-refractivity contribution < 1.29 is 0 Å². The molecular formula is C10H15N3. The van der Waals surface area contributed by atoms with Crippen molar-refractivity contribution >= 4 is 0 Å². The van der Waals surface area contributed by atoms with Crippen LogP contribution in [0, 0.1) is 11.3 Å². The SMILES string of the molecule is CCn1cccc1CN(C)CC#N. The lowest BCUT2D eigenvalue weighted by atomic mass is 10.4. The summed E-state index contributed by atoms with van der Waals surface area (Å²) >= 11 is 0. The summed E-state index contributed by atoms with van der Waals surface area (Å²) in [4.78, 5) is 2.00. The first-order valence-corrected chi connectivity index (χ1v) is 4.47. The monoisotopic (exact) mass is 177 g/mol. The quantitative estimate of drug-likeness (QED) is 0.652. The standard InChI is InChI=1S/C10H15N3/c1-3-13-7-4-5-10(13)9-12(2)8-6-11/h4-5,7H,3,8-9H2,1-2H3. The second kappa shape index (κ2) is 4.68. The molecular weight excluding hydrogens is 162 g/mol. The number of rotatable bonds is 4. The van der Waals surface area contributed by atoms with Crippen molar-refractivity contribution in [1.82, 2.24) is 9.47 Å². The first-order valence-electron chi connectivity index (χ1n) is 4.47. The molecule has 70 valence electrons. The number of nitriles is 1. The maximum absolute atomic E-state index is 8.49. The van der Waals surface area contributed by atoms with E-state index in [1.165, 1.54) is 5.69 Å². The third kappa shape index (κ3) is 2.60. The van der Waals surface area contributed by atoms with E-state index >= 15 is 0 Å². The molecule has 0 radical (unpaired) electrons. The molecule has 0 unspecified atom stereocenters. The molecule has 0 fully saturated rings. The van der Waals surface area contributed by atoms with Crippen LogP contribution in [0.5, 0.6) is 0 Å². The zero-order chi connectivity index (χ0) is 9.68. The van der Waals surface area contributed by atoms with Crippen LogP contribution in [-0.2, 0) is 13.1 Å². The molecule has 1 aromatic rings. The van der Waals surface area contributed by atoms with Gasteiger partial charge in [0.15, 0.2) is 0 Å². The van der Waals surface area contributed by atoms with Gasteiger partial charge in [0, 0.05) is 25.0 Å². The molecule has 3 nitrogen and oxygen atoms in total. The summed E-state index contributed by atoms with van der Waals surface area (Å²) in [6.07, 6.45) is 2.07. The van der Waals surface area contributed by atoms with E-state index in [0.717, 1.165) is 13.1 Å². The van der Waals surface area contributed by atoms with Crippen LogP contribution < -0.4 is 0 Å². The number of hydrogen-bond acceptors (Lipinski definition) is 2. The Morgan fingerprint density at radius 1 is 1.62 bits per heavy atom. The highest BCUT2D eigenvalue weighted by atomic mass is 15.1. The smallest absolute Gasteiger partial charge is 0.0866 e. The highest BCUT2D eigenvalue weighted by Gasteiger charge is 2.02. The Labute approximate surface area is 79.2 Å². The molecule has 0 atom stereocenters. The van der Waals surface area contributed by atoms with E-state index in [-0.39, 0.29) is 0 Å². The molecule has 0 aliphatic heterocycles. The molecule has 0 spiro atoms. The van der Waals surface area contributed by atoms with Gasteiger partial charge in [-0.3, -0.25) is 4.90 Å². The number of aryl methyl sites for hydroxylation is 1. The second-order valence-corrected chi connectivity index (χ2v) is 3.12. The van der Waals surface area contributed by atoms with Crippen LogP contribution in [0.25, 0.3) is 0 Å². The van der Waals surface area contributed by atoms with Gasteiger partial charge in [-0.15, -0.1) is 0 Å². The van der Waals surface area contributed by atoms with Gasteiger partial charge < -0.3 is 4.57 Å². The molecule has 13 heavy (non-hydrogen) atoms. The van der Waals surface area contributed by atoms with E-state index in [2.05, 4.69) is 29.8 Å². The first kappa shape index (κ1) is 9.82. The summed E-state index contributed by atoms with van der Waals surface area (Å²) in [5.41, 5.74) is 1.26. The third-order valence-electron chi connectivity index (χ3n) is 2.04. The van der Waals surface area contributed by atoms with Crippen molar-refractivity contribution in [2.75, 3.05) is 13.6 Å². The maximum Gasteiger partial charge on any atom is 0.0866 e. The Kier molecular flexibility index (Phi) is 3.53. The Morgan fingerprint density at radius 3 is 3.00 bits per heavy atom. The van der Waals surface area contributed by atoms with Gasteiger partial charge in [-0.25, -0.2) is 0 Å². The largest absolute Gasteiger partial charge is 0.351 e. The summed E-state index contributed by atoms with van der Waals surface area (Å²) in [6, 6.07) is 6.27. The summed E-state index contributed by atoms with van der Waals surface area (Å²) in [5, 5.41) is 8.49. The molecule has 0 amide bonds. The van der Waals surface area contributed by atoms with Crippen LogP contribution in [-0.4, -0.2) is 23.1 Å². The summed E-state index contributed by atoms with van der Waals surface area (Å²) in [5.74, 6) is 0. The van der Waals surface area contributed by atoms with Gasteiger partial charge in [0.05, 0.1) is 12.6 Å². The third-order valence-corrected chi connectivity index (χ3v) is 2.04. The van der Waals surface area contributed by atoms with E-state index in [4.69, 9.17) is 5.26 Å². The fourth-order valence-electron chi connectivity index (χ4n) is 1.35. The average Bonchev–Trinajstić information content (AvgIpc) is 2.52. The summed E-state index contributed by atoms with van der Waals surface area (Å²) < 4.78 is 2.19. The zero-order valence-electron chi connectivity index (χ0n) is 8.20. The van der Waals surface area contributed by atoms with Crippen molar-refractivity contribution in [2.45, 2.75) is 20.0 Å². The highest BCUT2D eigenvalue weighted by molar-refractivity contribution is 5.07. The molecule has 0 aliphatic carbocycles. The molecule has 0 aromatic carbocycles. The lowest BCUT2D eigenvalue weighted by Crippen LogP contribution is -2.19. The lowest BCUT2D eigenvalue weighted by molar-refractivity contribution is 0.356. The molecule has 1 rings (SSSR count). The molecule has 1 heterocycles. The van der Waals surface area contributed by atoms with Crippen molar-refractivity contribution in [3.63, 3.8) is 0 Å². The molecule has 0 bridgehead atoms. The molecule has 3 heteroatoms. The van der Waals surface area contributed by atoms with Crippen LogP contribution in [0.15, 0.2) is 18.3 Å². The Morgan fingerprint density at radius 2 is 2.38 bits per heavy atom. The van der Waals surface area contributed by atoms with E-state index in [9.17, 15) is 0 Å². The minimum absolute atomic E-state index is 0.481. The minimum atomic E-state index is 0.481. The average molecular weight is 177 g/mol. The van der Waals surface area contributed by atoms with E-state index in [1.807, 2.05) is 18.0 Å². The van der Waals surface area contributed by atoms with E-state index in [0.29, 0.717) is 6.54 Å². The molecule has 0 saturated carbocycles. The normalized spacial score (nSPS) is 10.3. The lowest BCUT2D eigenvalue weighted by Gasteiger charge is -2.13. The van der Waals surface area contributed by atoms with Crippen molar-refractivity contribution in [1.29, 1.82) is 5.26 Å². The molecule has 0 saturated heterocycles. The topological polar surface area (TPSA) is 32.0 Å². The molecule has 0 aliphatic rings. The Hall–Kier alpha value is -1.27. The molecule has 1 aromatic heterocycles. The Bertz CT molecular complexity index is 295. The minimum Gasteiger partial charge on any atom is -0.351 e. The zero-order valence-corrected chi connectivity index (χ0v) is 8.20. The van der Waals surface area contributed by atoms with Gasteiger partial charge in [-0.05, 0) is 26.1 Å². The van der Waals surface area contributed by atoms with Crippen LogP contribution in [0.3, 0.4) is 0 Å². The first-order chi connectivity index (χ1) is 6.27. The summed E-state index contributed by atoms with van der Waals surface area (Å²) in [7, 11) is 1.95. The van der Waals surface area contributed by atoms with Crippen molar-refractivity contribution in [3.05, 3.63) is 24.0 Å². The molecule has 0 N–H and O–H groups in total. The summed E-state index contributed by atoms with van der Waals surface area (Å²) in [6.45, 7) is 4.43. The van der Waals surface area contributed by atoms with Crippen molar-refractivity contribution in [3.8, 4) is 6.07 Å². The van der Waals surface area contributed by atoms with Gasteiger partial charge in [0.1, 0.15) is 0 Å². The van der Waals surface area contributed by atoms with Crippen LogP contribution >= 0.6 is 0 Å². The van der Waals surface area contributed by atoms with E-state index in [1.54, 1.807) is 0 Å². The second-order valence-electron chi connectivity index (χ2n) is 3.12. The van der Waals surface area contributed by atoms with Crippen LogP contribution in [0.1, 0.15) is 12.6 Å². The predicted octanol–water partition coefficient (Wildman–Crippen LogP) is 1.46. The van der Waals surface area contributed by atoms with Gasteiger partial charge >= 0.3 is 0 Å². The number of aromatic nitrogens is 1. The van der Waals surface area contributed by atoms with Crippen LogP contribution in [0.4, 0.5) is 0 Å². The Balaban J connectivity index is 2.58. The van der Waals surface area contributed by atoms with E-state index < -0.39 is 0 Å². The highest BCUT2D eigenvalue weighted by Crippen LogP contribution is 2.04.